The highest BCUT2D eigenvalue weighted by molar-refractivity contribution is 7.21. The summed E-state index contributed by atoms with van der Waals surface area (Å²) in [6.07, 6.45) is 2.09. The van der Waals surface area contributed by atoms with E-state index < -0.39 is 0 Å². The monoisotopic (exact) mass is 380 g/mol. The number of ether oxygens (including phenoxy) is 1. The quantitative estimate of drug-likeness (QED) is 0.702. The van der Waals surface area contributed by atoms with Gasteiger partial charge in [-0.25, -0.2) is 0 Å². The Bertz CT molecular complexity index is 949. The molecule has 1 aliphatic heterocycles. The van der Waals surface area contributed by atoms with Crippen molar-refractivity contribution in [1.29, 1.82) is 0 Å². The largest absolute Gasteiger partial charge is 0.497 e. The number of amides is 1. The molecule has 1 aromatic heterocycles. The van der Waals surface area contributed by atoms with Gasteiger partial charge >= 0.3 is 0 Å². The number of rotatable bonds is 6. The average molecular weight is 381 g/mol. The molecular formula is C22H24N2O2S. The number of primary amides is 1. The lowest BCUT2D eigenvalue weighted by Crippen LogP contribution is -2.23. The molecule has 3 aromatic rings. The van der Waals surface area contributed by atoms with Crippen molar-refractivity contribution in [1.82, 2.24) is 4.90 Å². The number of thiophene rings is 1. The van der Waals surface area contributed by atoms with E-state index in [0.29, 0.717) is 5.92 Å². The molecule has 0 radical (unpaired) electrons. The Morgan fingerprint density at radius 3 is 2.74 bits per heavy atom. The number of benzene rings is 2. The van der Waals surface area contributed by atoms with Crippen LogP contribution in [0.3, 0.4) is 0 Å². The highest BCUT2D eigenvalue weighted by Crippen LogP contribution is 2.39. The summed E-state index contributed by atoms with van der Waals surface area (Å²) in [5.41, 5.74) is 8.17. The maximum Gasteiger partial charge on any atom is 0.259 e. The Hall–Kier alpha value is -2.37. The summed E-state index contributed by atoms with van der Waals surface area (Å²) in [4.78, 5) is 15.2. The van der Waals surface area contributed by atoms with E-state index in [2.05, 4.69) is 29.2 Å². The molecule has 27 heavy (non-hydrogen) atoms. The molecule has 2 aromatic carbocycles. The number of likely N-dealkylation sites (tertiary alicyclic amines) is 1. The highest BCUT2D eigenvalue weighted by atomic mass is 32.1. The minimum Gasteiger partial charge on any atom is -0.497 e. The highest BCUT2D eigenvalue weighted by Gasteiger charge is 2.29. The van der Waals surface area contributed by atoms with E-state index in [0.717, 1.165) is 53.4 Å². The van der Waals surface area contributed by atoms with Gasteiger partial charge in [-0.1, -0.05) is 30.3 Å². The minimum atomic E-state index is -0.303. The van der Waals surface area contributed by atoms with E-state index in [9.17, 15) is 4.79 Å². The van der Waals surface area contributed by atoms with Crippen LogP contribution in [0, 0.1) is 0 Å². The van der Waals surface area contributed by atoms with Gasteiger partial charge in [0.05, 0.1) is 12.0 Å². The standard InChI is InChI=1S/C22H24N2O2S/c1-26-17-8-6-15(7-9-17)10-12-24-13-11-16(14-24)20-18-4-2-3-5-19(18)27-21(20)22(23)25/h2-9,16H,10-14H2,1H3,(H2,23,25)/t16-/m0/s1. The molecule has 0 unspecified atom stereocenters. The molecule has 0 saturated carbocycles. The van der Waals surface area contributed by atoms with E-state index in [4.69, 9.17) is 10.5 Å². The van der Waals surface area contributed by atoms with E-state index in [1.165, 1.54) is 22.3 Å². The number of nitrogens with two attached hydrogens (primary N) is 1. The van der Waals surface area contributed by atoms with E-state index >= 15 is 0 Å². The molecule has 1 saturated heterocycles. The third-order valence-electron chi connectivity index (χ3n) is 5.41. The molecule has 2 N–H and O–H groups in total. The van der Waals surface area contributed by atoms with Gasteiger partial charge in [0, 0.05) is 23.7 Å². The second kappa shape index (κ2) is 7.71. The number of fused-ring (bicyclic) bond motifs is 1. The summed E-state index contributed by atoms with van der Waals surface area (Å²) in [7, 11) is 1.69. The minimum absolute atomic E-state index is 0.303. The van der Waals surface area contributed by atoms with Gasteiger partial charge in [0.25, 0.3) is 5.91 Å². The van der Waals surface area contributed by atoms with Crippen LogP contribution in [0.1, 0.15) is 33.1 Å². The van der Waals surface area contributed by atoms with Gasteiger partial charge in [-0.05, 0) is 54.1 Å². The molecule has 5 heteroatoms. The van der Waals surface area contributed by atoms with Gasteiger partial charge in [0.15, 0.2) is 0 Å². The predicted octanol–water partition coefficient (Wildman–Crippen LogP) is 4.04. The molecular weight excluding hydrogens is 356 g/mol. The van der Waals surface area contributed by atoms with Crippen molar-refractivity contribution in [2.45, 2.75) is 18.8 Å². The fourth-order valence-electron chi connectivity index (χ4n) is 4.00. The number of hydrogen-bond donors (Lipinski definition) is 1. The zero-order chi connectivity index (χ0) is 18.8. The van der Waals surface area contributed by atoms with Crippen molar-refractivity contribution < 1.29 is 9.53 Å². The number of carbonyl (C=O) groups is 1. The van der Waals surface area contributed by atoms with Crippen LogP contribution in [0.5, 0.6) is 5.75 Å². The van der Waals surface area contributed by atoms with Crippen LogP contribution < -0.4 is 10.5 Å². The summed E-state index contributed by atoms with van der Waals surface area (Å²) in [5.74, 6) is 0.964. The zero-order valence-electron chi connectivity index (χ0n) is 15.5. The van der Waals surface area contributed by atoms with Crippen molar-refractivity contribution in [3.8, 4) is 5.75 Å². The lowest BCUT2D eigenvalue weighted by Gasteiger charge is -2.16. The Kier molecular flexibility index (Phi) is 5.14. The normalized spacial score (nSPS) is 17.4. The predicted molar refractivity (Wildman–Crippen MR) is 111 cm³/mol. The van der Waals surface area contributed by atoms with Crippen LogP contribution in [-0.4, -0.2) is 37.6 Å². The molecule has 2 heterocycles. The first-order valence-electron chi connectivity index (χ1n) is 9.32. The van der Waals surface area contributed by atoms with Crippen molar-refractivity contribution in [3.63, 3.8) is 0 Å². The third kappa shape index (κ3) is 3.70. The molecule has 0 spiro atoms. The van der Waals surface area contributed by atoms with Gasteiger partial charge in [-0.3, -0.25) is 4.79 Å². The number of methoxy groups -OCH3 is 1. The smallest absolute Gasteiger partial charge is 0.259 e. The van der Waals surface area contributed by atoms with Crippen molar-refractivity contribution in [2.24, 2.45) is 5.73 Å². The van der Waals surface area contributed by atoms with Crippen LogP contribution in [0.2, 0.25) is 0 Å². The molecule has 140 valence electrons. The molecule has 4 nitrogen and oxygen atoms in total. The fraction of sp³-hybridized carbons (Fsp3) is 0.318. The lowest BCUT2D eigenvalue weighted by atomic mass is 9.95. The van der Waals surface area contributed by atoms with E-state index in [-0.39, 0.29) is 5.91 Å². The van der Waals surface area contributed by atoms with Crippen molar-refractivity contribution in [2.75, 3.05) is 26.7 Å². The average Bonchev–Trinajstić information content (AvgIpc) is 3.31. The Morgan fingerprint density at radius 1 is 1.22 bits per heavy atom. The molecule has 1 fully saturated rings. The first kappa shape index (κ1) is 18.0. The van der Waals surface area contributed by atoms with E-state index in [1.54, 1.807) is 7.11 Å². The SMILES string of the molecule is COc1ccc(CCN2CC[C@H](c3c(C(N)=O)sc4ccccc34)C2)cc1. The zero-order valence-corrected chi connectivity index (χ0v) is 16.3. The Labute approximate surface area is 163 Å². The fourth-order valence-corrected chi connectivity index (χ4v) is 5.15. The number of hydrogen-bond acceptors (Lipinski definition) is 4. The van der Waals surface area contributed by atoms with Crippen molar-refractivity contribution >= 4 is 27.3 Å². The van der Waals surface area contributed by atoms with Crippen LogP contribution >= 0.6 is 11.3 Å². The first-order valence-corrected chi connectivity index (χ1v) is 10.1. The summed E-state index contributed by atoms with van der Waals surface area (Å²) >= 11 is 1.53. The molecule has 1 atom stereocenters. The maximum absolute atomic E-state index is 12.0. The summed E-state index contributed by atoms with van der Waals surface area (Å²) in [6, 6.07) is 16.5. The Balaban J connectivity index is 1.47. The molecule has 4 rings (SSSR count). The van der Waals surface area contributed by atoms with Crippen LogP contribution in [0.25, 0.3) is 10.1 Å². The van der Waals surface area contributed by atoms with Crippen LogP contribution in [0.4, 0.5) is 0 Å². The second-order valence-corrected chi connectivity index (χ2v) is 8.14. The summed E-state index contributed by atoms with van der Waals surface area (Å²) in [6.45, 7) is 3.07. The van der Waals surface area contributed by atoms with Gasteiger partial charge in [0.2, 0.25) is 0 Å². The molecule has 0 aliphatic carbocycles. The molecule has 0 bridgehead atoms. The van der Waals surface area contributed by atoms with Gasteiger partial charge < -0.3 is 15.4 Å². The molecule has 1 aliphatic rings. The van der Waals surface area contributed by atoms with E-state index in [1.807, 2.05) is 24.3 Å². The van der Waals surface area contributed by atoms with Crippen molar-refractivity contribution in [3.05, 3.63) is 64.5 Å². The number of carbonyl (C=O) groups excluding carboxylic acids is 1. The van der Waals surface area contributed by atoms with Gasteiger partial charge in [0.1, 0.15) is 5.75 Å². The summed E-state index contributed by atoms with van der Waals surface area (Å²) in [5, 5.41) is 1.19. The van der Waals surface area contributed by atoms with Crippen LogP contribution in [0.15, 0.2) is 48.5 Å². The molecule has 1 amide bonds. The number of nitrogens with zero attached hydrogens (tertiary/aromatic N) is 1. The van der Waals surface area contributed by atoms with Gasteiger partial charge in [-0.2, -0.15) is 0 Å². The van der Waals surface area contributed by atoms with Crippen LogP contribution in [-0.2, 0) is 6.42 Å². The Morgan fingerprint density at radius 2 is 2.00 bits per heavy atom. The second-order valence-electron chi connectivity index (χ2n) is 7.09. The maximum atomic E-state index is 12.0. The lowest BCUT2D eigenvalue weighted by molar-refractivity contribution is 0.100. The first-order chi connectivity index (χ1) is 13.2. The van der Waals surface area contributed by atoms with Gasteiger partial charge in [-0.15, -0.1) is 11.3 Å². The third-order valence-corrected chi connectivity index (χ3v) is 6.62. The summed E-state index contributed by atoms with van der Waals surface area (Å²) < 4.78 is 6.37. The topological polar surface area (TPSA) is 55.6 Å².